The van der Waals surface area contributed by atoms with E-state index in [9.17, 15) is 9.59 Å². The van der Waals surface area contributed by atoms with Gasteiger partial charge in [-0.1, -0.05) is 46.2 Å². The molecule has 0 fully saturated rings. The number of anilines is 1. The summed E-state index contributed by atoms with van der Waals surface area (Å²) in [4.78, 5) is 31.1. The first-order valence-electron chi connectivity index (χ1n) is 11.9. The fourth-order valence-electron chi connectivity index (χ4n) is 4.90. The second-order valence-corrected chi connectivity index (χ2v) is 12.6. The lowest BCUT2D eigenvalue weighted by molar-refractivity contribution is -0.138. The first kappa shape index (κ1) is 25.5. The molecule has 0 saturated carbocycles. The van der Waals surface area contributed by atoms with Gasteiger partial charge in [0.25, 0.3) is 0 Å². The third kappa shape index (κ3) is 4.78. The summed E-state index contributed by atoms with van der Waals surface area (Å²) in [5.74, 6) is -0.716. The lowest BCUT2D eigenvalue weighted by atomic mass is 9.69. The van der Waals surface area contributed by atoms with Gasteiger partial charge < -0.3 is 10.5 Å². The molecular formula is C28H33ClN2O3S. The fourth-order valence-corrected chi connectivity index (χ4v) is 6.21. The summed E-state index contributed by atoms with van der Waals surface area (Å²) in [5.41, 5.74) is 9.08. The predicted molar refractivity (Wildman–Crippen MR) is 143 cm³/mol. The number of benzene rings is 1. The number of thiophene rings is 1. The van der Waals surface area contributed by atoms with Crippen molar-refractivity contribution in [2.24, 2.45) is 11.1 Å². The van der Waals surface area contributed by atoms with Gasteiger partial charge in [0.15, 0.2) is 5.78 Å². The summed E-state index contributed by atoms with van der Waals surface area (Å²) in [6, 6.07) is 11.4. The second kappa shape index (κ2) is 9.14. The first-order chi connectivity index (χ1) is 16.3. The average molecular weight is 513 g/mol. The van der Waals surface area contributed by atoms with Gasteiger partial charge in [-0.3, -0.25) is 9.69 Å². The minimum Gasteiger partial charge on any atom is -0.463 e. The third-order valence-electron chi connectivity index (χ3n) is 6.49. The quantitative estimate of drug-likeness (QED) is 0.462. The Morgan fingerprint density at radius 2 is 1.83 bits per heavy atom. The molecule has 0 amide bonds. The van der Waals surface area contributed by atoms with Gasteiger partial charge >= 0.3 is 5.97 Å². The van der Waals surface area contributed by atoms with E-state index in [0.29, 0.717) is 34.8 Å². The number of carbonyl (C=O) groups excluding carboxylic acids is 2. The van der Waals surface area contributed by atoms with Crippen molar-refractivity contribution >= 4 is 40.4 Å². The maximum absolute atomic E-state index is 13.8. The van der Waals surface area contributed by atoms with Gasteiger partial charge in [-0.05, 0) is 60.6 Å². The largest absolute Gasteiger partial charge is 0.463 e. The van der Waals surface area contributed by atoms with E-state index in [-0.39, 0.29) is 23.2 Å². The molecule has 4 rings (SSSR count). The number of ether oxygens (including phenoxy) is 1. The SMILES string of the molecule is CCOC(=O)C1=C(N)N(c2ccc(Cl)cc2)C2=C(C(=O)CC(C)(C)C2)C1c1ccc(C(C)(C)C)s1. The Labute approximate surface area is 216 Å². The number of carbonyl (C=O) groups is 2. The molecule has 1 aromatic carbocycles. The van der Waals surface area contributed by atoms with Crippen molar-refractivity contribution in [2.45, 2.75) is 65.7 Å². The molecule has 1 unspecified atom stereocenters. The van der Waals surface area contributed by atoms with Crippen molar-refractivity contribution in [1.82, 2.24) is 0 Å². The topological polar surface area (TPSA) is 72.6 Å². The Kier molecular flexibility index (Phi) is 6.66. The number of esters is 1. The number of allylic oxidation sites excluding steroid dienone is 2. The lowest BCUT2D eigenvalue weighted by Gasteiger charge is -2.44. The fraction of sp³-hybridized carbons (Fsp3) is 0.429. The van der Waals surface area contributed by atoms with Crippen molar-refractivity contribution in [1.29, 1.82) is 0 Å². The number of halogens is 1. The van der Waals surface area contributed by atoms with E-state index in [1.807, 2.05) is 23.1 Å². The standard InChI is InChI=1S/C28H33ClN2O3S/c1-7-34-26(33)24-23(20-12-13-21(35-20)27(2,3)4)22-18(14-28(5,6)15-19(22)32)31(25(24)30)17-10-8-16(29)9-11-17/h8-13,23H,7,14-15,30H2,1-6H3. The third-order valence-corrected chi connectivity index (χ3v) is 8.32. The Bertz CT molecular complexity index is 1230. The van der Waals surface area contributed by atoms with E-state index < -0.39 is 11.9 Å². The number of nitrogens with zero attached hydrogens (tertiary/aromatic N) is 1. The van der Waals surface area contributed by atoms with Crippen LogP contribution >= 0.6 is 22.9 Å². The minimum atomic E-state index is -0.558. The maximum Gasteiger partial charge on any atom is 0.338 e. The van der Waals surface area contributed by atoms with Crippen LogP contribution in [0.25, 0.3) is 0 Å². The number of nitrogens with two attached hydrogens (primary N) is 1. The van der Waals surface area contributed by atoms with Crippen molar-refractivity contribution in [3.8, 4) is 0 Å². The van der Waals surface area contributed by atoms with Crippen LogP contribution in [0.3, 0.4) is 0 Å². The van der Waals surface area contributed by atoms with Gasteiger partial charge in [-0.2, -0.15) is 0 Å². The van der Waals surface area contributed by atoms with Crippen LogP contribution in [-0.2, 0) is 19.7 Å². The van der Waals surface area contributed by atoms with Crippen molar-refractivity contribution in [3.63, 3.8) is 0 Å². The molecule has 1 aliphatic heterocycles. The molecule has 1 aromatic heterocycles. The number of hydrogen-bond acceptors (Lipinski definition) is 6. The van der Waals surface area contributed by atoms with E-state index in [4.69, 9.17) is 22.1 Å². The van der Waals surface area contributed by atoms with Gasteiger partial charge in [-0.15, -0.1) is 11.3 Å². The summed E-state index contributed by atoms with van der Waals surface area (Å²) < 4.78 is 5.48. The summed E-state index contributed by atoms with van der Waals surface area (Å²) >= 11 is 7.78. The first-order valence-corrected chi connectivity index (χ1v) is 13.1. The Morgan fingerprint density at radius 3 is 2.40 bits per heavy atom. The van der Waals surface area contributed by atoms with E-state index in [1.54, 1.807) is 30.4 Å². The normalized spacial score (nSPS) is 20.3. The van der Waals surface area contributed by atoms with Gasteiger partial charge in [0.1, 0.15) is 5.82 Å². The van der Waals surface area contributed by atoms with Crippen LogP contribution < -0.4 is 10.6 Å². The van der Waals surface area contributed by atoms with Gasteiger partial charge in [-0.25, -0.2) is 4.79 Å². The Hall–Kier alpha value is -2.57. The summed E-state index contributed by atoms with van der Waals surface area (Å²) in [7, 11) is 0. The molecule has 7 heteroatoms. The molecule has 5 nitrogen and oxygen atoms in total. The van der Waals surface area contributed by atoms with Crippen molar-refractivity contribution in [2.75, 3.05) is 11.5 Å². The zero-order chi connectivity index (χ0) is 25.7. The molecule has 2 heterocycles. The van der Waals surface area contributed by atoms with Crippen molar-refractivity contribution in [3.05, 3.63) is 73.8 Å². The van der Waals surface area contributed by atoms with E-state index in [0.717, 1.165) is 16.3 Å². The minimum absolute atomic E-state index is 0.0419. The average Bonchev–Trinajstić information content (AvgIpc) is 3.24. The molecule has 0 saturated heterocycles. The molecule has 0 radical (unpaired) electrons. The zero-order valence-electron chi connectivity index (χ0n) is 21.2. The van der Waals surface area contributed by atoms with Crippen LogP contribution in [0.15, 0.2) is 59.1 Å². The van der Waals surface area contributed by atoms with Crippen LogP contribution in [0.4, 0.5) is 5.69 Å². The Balaban J connectivity index is 2.00. The van der Waals surface area contributed by atoms with E-state index >= 15 is 0 Å². The number of hydrogen-bond donors (Lipinski definition) is 1. The molecule has 2 N–H and O–H groups in total. The molecule has 1 atom stereocenters. The smallest absolute Gasteiger partial charge is 0.338 e. The summed E-state index contributed by atoms with van der Waals surface area (Å²) in [5, 5.41) is 0.597. The van der Waals surface area contributed by atoms with Gasteiger partial charge in [0, 0.05) is 38.2 Å². The molecule has 1 aliphatic carbocycles. The molecular weight excluding hydrogens is 480 g/mol. The summed E-state index contributed by atoms with van der Waals surface area (Å²) in [6.45, 7) is 12.6. The zero-order valence-corrected chi connectivity index (χ0v) is 22.8. The van der Waals surface area contributed by atoms with Crippen LogP contribution in [0, 0.1) is 5.41 Å². The highest BCUT2D eigenvalue weighted by atomic mass is 35.5. The second-order valence-electron chi connectivity index (χ2n) is 11.0. The summed E-state index contributed by atoms with van der Waals surface area (Å²) in [6.07, 6.45) is 1.06. The van der Waals surface area contributed by atoms with Gasteiger partial charge in [0.2, 0.25) is 0 Å². The van der Waals surface area contributed by atoms with E-state index in [2.05, 4.69) is 40.7 Å². The molecule has 186 valence electrons. The van der Waals surface area contributed by atoms with E-state index in [1.165, 1.54) is 4.88 Å². The predicted octanol–water partition coefficient (Wildman–Crippen LogP) is 6.68. The number of rotatable bonds is 4. The molecule has 0 bridgehead atoms. The molecule has 35 heavy (non-hydrogen) atoms. The van der Waals surface area contributed by atoms with Crippen LogP contribution in [-0.4, -0.2) is 18.4 Å². The van der Waals surface area contributed by atoms with Gasteiger partial charge in [0.05, 0.1) is 18.1 Å². The van der Waals surface area contributed by atoms with Crippen LogP contribution in [0.2, 0.25) is 5.02 Å². The number of ketones is 1. The highest BCUT2D eigenvalue weighted by molar-refractivity contribution is 7.12. The van der Waals surface area contributed by atoms with Crippen molar-refractivity contribution < 1.29 is 14.3 Å². The van der Waals surface area contributed by atoms with Crippen LogP contribution in [0.1, 0.15) is 70.1 Å². The maximum atomic E-state index is 13.8. The molecule has 2 aliphatic rings. The highest BCUT2D eigenvalue weighted by Gasteiger charge is 2.47. The van der Waals surface area contributed by atoms with Crippen LogP contribution in [0.5, 0.6) is 0 Å². The molecule has 2 aromatic rings. The monoisotopic (exact) mass is 512 g/mol. The lowest BCUT2D eigenvalue weighted by Crippen LogP contribution is -2.43. The highest BCUT2D eigenvalue weighted by Crippen LogP contribution is 2.52. The Morgan fingerprint density at radius 1 is 1.17 bits per heavy atom. The molecule has 0 spiro atoms. The number of Topliss-reactive ketones (excluding diaryl/α,β-unsaturated/α-hetero) is 1.